The minimum absolute atomic E-state index is 0.168. The van der Waals surface area contributed by atoms with Crippen LogP contribution in [0.2, 0.25) is 5.02 Å². The van der Waals surface area contributed by atoms with E-state index in [2.05, 4.69) is 26.4 Å². The first kappa shape index (κ1) is 14.8. The second kappa shape index (κ2) is 5.58. The molecule has 98 valence electrons. The van der Waals surface area contributed by atoms with Crippen LogP contribution in [-0.4, -0.2) is 17.0 Å². The first-order valence-corrected chi connectivity index (χ1v) is 6.20. The van der Waals surface area contributed by atoms with Crippen molar-refractivity contribution in [1.29, 1.82) is 0 Å². The van der Waals surface area contributed by atoms with Crippen LogP contribution in [0.5, 0.6) is 0 Å². The molecule has 1 aromatic rings. The van der Waals surface area contributed by atoms with Crippen molar-refractivity contribution in [2.75, 3.05) is 5.32 Å². The summed E-state index contributed by atoms with van der Waals surface area (Å²) in [6.45, 7) is 3.10. The van der Waals surface area contributed by atoms with Crippen LogP contribution in [0.1, 0.15) is 13.8 Å². The van der Waals surface area contributed by atoms with E-state index in [0.717, 1.165) is 0 Å². The number of rotatable bonds is 3. The average molecular weight is 335 g/mol. The van der Waals surface area contributed by atoms with Gasteiger partial charge in [-0.15, -0.1) is 0 Å². The molecule has 0 aliphatic carbocycles. The van der Waals surface area contributed by atoms with Gasteiger partial charge in [0.15, 0.2) is 5.84 Å². The van der Waals surface area contributed by atoms with E-state index in [4.69, 9.17) is 22.5 Å². The number of halogens is 2. The largest absolute Gasteiger partial charge is 0.409 e. The van der Waals surface area contributed by atoms with Crippen molar-refractivity contribution < 1.29 is 10.0 Å². The Hall–Kier alpha value is -1.27. The van der Waals surface area contributed by atoms with Gasteiger partial charge in [-0.2, -0.15) is 0 Å². The van der Waals surface area contributed by atoms with Crippen molar-refractivity contribution in [3.8, 4) is 0 Å². The zero-order valence-corrected chi connectivity index (χ0v) is 12.2. The lowest BCUT2D eigenvalue weighted by molar-refractivity contribution is -0.121. The maximum Gasteiger partial charge on any atom is 0.237 e. The van der Waals surface area contributed by atoms with Crippen LogP contribution in [0.3, 0.4) is 0 Å². The molecule has 5 nitrogen and oxygen atoms in total. The van der Waals surface area contributed by atoms with Crippen molar-refractivity contribution in [3.63, 3.8) is 0 Å². The molecular weight excluding hydrogens is 321 g/mol. The molecule has 0 aromatic heterocycles. The molecule has 0 radical (unpaired) electrons. The summed E-state index contributed by atoms with van der Waals surface area (Å²) in [5.41, 5.74) is 4.87. The Morgan fingerprint density at radius 3 is 2.72 bits per heavy atom. The molecule has 0 atom stereocenters. The molecule has 0 aliphatic heterocycles. The van der Waals surface area contributed by atoms with Gasteiger partial charge in [0.2, 0.25) is 5.91 Å². The number of carbonyl (C=O) groups is 1. The third kappa shape index (κ3) is 3.14. The van der Waals surface area contributed by atoms with Gasteiger partial charge in [0.25, 0.3) is 0 Å². The van der Waals surface area contributed by atoms with Crippen LogP contribution >= 0.6 is 27.5 Å². The molecule has 0 heterocycles. The number of carbonyl (C=O) groups excluding carboxylic acids is 1. The van der Waals surface area contributed by atoms with Gasteiger partial charge >= 0.3 is 0 Å². The summed E-state index contributed by atoms with van der Waals surface area (Å²) in [6, 6.07) is 5.01. The molecule has 0 unspecified atom stereocenters. The molecule has 0 fully saturated rings. The Morgan fingerprint density at radius 2 is 2.17 bits per heavy atom. The van der Waals surface area contributed by atoms with Gasteiger partial charge in [0.05, 0.1) is 5.69 Å². The fourth-order valence-electron chi connectivity index (χ4n) is 1.11. The predicted molar refractivity (Wildman–Crippen MR) is 75.0 cm³/mol. The molecule has 1 rings (SSSR count). The Kier molecular flexibility index (Phi) is 4.59. The van der Waals surface area contributed by atoms with Gasteiger partial charge < -0.3 is 16.3 Å². The minimum Gasteiger partial charge on any atom is -0.409 e. The van der Waals surface area contributed by atoms with Crippen LogP contribution in [-0.2, 0) is 4.79 Å². The van der Waals surface area contributed by atoms with Gasteiger partial charge in [0, 0.05) is 9.50 Å². The first-order chi connectivity index (χ1) is 8.28. The fraction of sp³-hybridized carbons (Fsp3) is 0.273. The second-order valence-corrected chi connectivity index (χ2v) is 5.48. The number of nitrogens with zero attached hydrogens (tertiary/aromatic N) is 1. The van der Waals surface area contributed by atoms with Crippen LogP contribution in [0, 0.1) is 5.41 Å². The molecule has 0 bridgehead atoms. The van der Waals surface area contributed by atoms with Crippen molar-refractivity contribution in [2.24, 2.45) is 16.3 Å². The zero-order valence-electron chi connectivity index (χ0n) is 9.87. The summed E-state index contributed by atoms with van der Waals surface area (Å²) in [5, 5.41) is 14.7. The lowest BCUT2D eigenvalue weighted by Crippen LogP contribution is -2.42. The number of amides is 1. The van der Waals surface area contributed by atoms with Crippen LogP contribution < -0.4 is 11.1 Å². The maximum absolute atomic E-state index is 12.1. The lowest BCUT2D eigenvalue weighted by atomic mass is 9.91. The highest BCUT2D eigenvalue weighted by molar-refractivity contribution is 9.10. The SMILES string of the molecule is CC(C)(C(=O)Nc1cc(Cl)ccc1Br)/C(N)=N/O. The third-order valence-corrected chi connectivity index (χ3v) is 3.42. The molecular formula is C11H13BrClN3O2. The molecule has 7 heteroatoms. The Balaban J connectivity index is 2.98. The van der Waals surface area contributed by atoms with E-state index < -0.39 is 11.3 Å². The first-order valence-electron chi connectivity index (χ1n) is 5.03. The van der Waals surface area contributed by atoms with Gasteiger partial charge in [0.1, 0.15) is 5.41 Å². The fourth-order valence-corrected chi connectivity index (χ4v) is 1.63. The van der Waals surface area contributed by atoms with E-state index in [1.807, 2.05) is 0 Å². The number of nitrogens with two attached hydrogens (primary N) is 1. The number of amidine groups is 1. The zero-order chi connectivity index (χ0) is 13.9. The predicted octanol–water partition coefficient (Wildman–Crippen LogP) is 2.81. The normalized spacial score (nSPS) is 12.3. The number of oxime groups is 1. The molecule has 18 heavy (non-hydrogen) atoms. The monoisotopic (exact) mass is 333 g/mol. The van der Waals surface area contributed by atoms with Crippen LogP contribution in [0.25, 0.3) is 0 Å². The van der Waals surface area contributed by atoms with Gasteiger partial charge in [-0.05, 0) is 48.0 Å². The second-order valence-electron chi connectivity index (χ2n) is 4.19. The van der Waals surface area contributed by atoms with Crippen molar-refractivity contribution in [2.45, 2.75) is 13.8 Å². The molecule has 0 saturated carbocycles. The Bertz CT molecular complexity index is 503. The number of nitrogens with one attached hydrogen (secondary N) is 1. The highest BCUT2D eigenvalue weighted by Gasteiger charge is 2.33. The summed E-state index contributed by atoms with van der Waals surface area (Å²) in [4.78, 5) is 12.1. The summed E-state index contributed by atoms with van der Waals surface area (Å²) in [7, 11) is 0. The highest BCUT2D eigenvalue weighted by Crippen LogP contribution is 2.28. The molecule has 0 aliphatic rings. The smallest absolute Gasteiger partial charge is 0.237 e. The molecule has 0 spiro atoms. The van der Waals surface area contributed by atoms with E-state index in [1.54, 1.807) is 32.0 Å². The van der Waals surface area contributed by atoms with E-state index >= 15 is 0 Å². The van der Waals surface area contributed by atoms with Crippen molar-refractivity contribution >= 4 is 45.0 Å². The Labute approximate surface area is 118 Å². The van der Waals surface area contributed by atoms with E-state index in [0.29, 0.717) is 15.2 Å². The van der Waals surface area contributed by atoms with Gasteiger partial charge in [-0.3, -0.25) is 4.79 Å². The highest BCUT2D eigenvalue weighted by atomic mass is 79.9. The van der Waals surface area contributed by atoms with Crippen molar-refractivity contribution in [3.05, 3.63) is 27.7 Å². The number of hydrogen-bond acceptors (Lipinski definition) is 3. The molecule has 4 N–H and O–H groups in total. The summed E-state index contributed by atoms with van der Waals surface area (Å²) < 4.78 is 0.690. The van der Waals surface area contributed by atoms with E-state index in [-0.39, 0.29) is 5.84 Å². The van der Waals surface area contributed by atoms with Crippen LogP contribution in [0.4, 0.5) is 5.69 Å². The summed E-state index contributed by atoms with van der Waals surface area (Å²) in [5.74, 6) is -0.570. The minimum atomic E-state index is -1.13. The quantitative estimate of drug-likeness (QED) is 0.344. The topological polar surface area (TPSA) is 87.7 Å². The van der Waals surface area contributed by atoms with E-state index in [9.17, 15) is 4.79 Å². The van der Waals surface area contributed by atoms with Gasteiger partial charge in [-0.25, -0.2) is 0 Å². The molecule has 1 amide bonds. The average Bonchev–Trinajstić information content (AvgIpc) is 2.32. The van der Waals surface area contributed by atoms with Crippen LogP contribution in [0.15, 0.2) is 27.8 Å². The number of benzene rings is 1. The number of hydrogen-bond donors (Lipinski definition) is 3. The molecule has 0 saturated heterocycles. The van der Waals surface area contributed by atoms with Crippen molar-refractivity contribution in [1.82, 2.24) is 0 Å². The summed E-state index contributed by atoms with van der Waals surface area (Å²) in [6.07, 6.45) is 0. The Morgan fingerprint density at radius 1 is 1.56 bits per heavy atom. The lowest BCUT2D eigenvalue weighted by Gasteiger charge is -2.22. The standard InChI is InChI=1S/C11H13BrClN3O2/c1-11(2,9(14)16-18)10(17)15-8-5-6(13)3-4-7(8)12/h3-5,18H,1-2H3,(H2,14,16)(H,15,17). The van der Waals surface area contributed by atoms with Gasteiger partial charge in [-0.1, -0.05) is 16.8 Å². The summed E-state index contributed by atoms with van der Waals surface area (Å²) >= 11 is 9.14. The van der Waals surface area contributed by atoms with E-state index in [1.165, 1.54) is 0 Å². The molecule has 1 aromatic carbocycles. The third-order valence-electron chi connectivity index (χ3n) is 2.49. The maximum atomic E-state index is 12.1. The number of anilines is 1.